The Hall–Kier alpha value is -2.41. The van der Waals surface area contributed by atoms with Gasteiger partial charge in [-0.1, -0.05) is 36.2 Å². The number of carbonyl (C=O) groups is 3. The number of carbonyl (C=O) groups excluding carboxylic acids is 3. The summed E-state index contributed by atoms with van der Waals surface area (Å²) < 4.78 is 0. The maximum Gasteiger partial charge on any atom is 0.238 e. The van der Waals surface area contributed by atoms with Gasteiger partial charge in [0.05, 0.1) is 22.3 Å². The highest BCUT2D eigenvalue weighted by Crippen LogP contribution is 2.29. The fourth-order valence-electron chi connectivity index (χ4n) is 2.62. The topological polar surface area (TPSA) is 78.5 Å². The number of ketones is 1. The van der Waals surface area contributed by atoms with Crippen molar-refractivity contribution in [3.63, 3.8) is 0 Å². The van der Waals surface area contributed by atoms with Gasteiger partial charge in [-0.3, -0.25) is 19.3 Å². The molecule has 2 rings (SSSR count). The Labute approximate surface area is 180 Å². The lowest BCUT2D eigenvalue weighted by Crippen LogP contribution is -2.35. The van der Waals surface area contributed by atoms with Crippen LogP contribution in [0, 0.1) is 0 Å². The zero-order valence-electron chi connectivity index (χ0n) is 16.3. The second-order valence-corrected chi connectivity index (χ2v) is 7.26. The Balaban J connectivity index is 1.83. The predicted octanol–water partition coefficient (Wildman–Crippen LogP) is 4.49. The zero-order valence-corrected chi connectivity index (χ0v) is 17.8. The molecule has 2 amide bonds. The molecule has 0 aromatic heterocycles. The van der Waals surface area contributed by atoms with E-state index in [2.05, 4.69) is 10.6 Å². The largest absolute Gasteiger partial charge is 0.326 e. The highest BCUT2D eigenvalue weighted by atomic mass is 35.5. The Kier molecular flexibility index (Phi) is 8.64. The first-order chi connectivity index (χ1) is 13.8. The number of Topliss-reactive ketones (excluding diaryl/α,β-unsaturated/α-hetero) is 1. The van der Waals surface area contributed by atoms with Crippen LogP contribution in [0.3, 0.4) is 0 Å². The highest BCUT2D eigenvalue weighted by Gasteiger charge is 2.14. The molecule has 0 radical (unpaired) electrons. The summed E-state index contributed by atoms with van der Waals surface area (Å²) in [6, 6.07) is 11.7. The summed E-state index contributed by atoms with van der Waals surface area (Å²) in [6.45, 7) is 4.53. The van der Waals surface area contributed by atoms with Crippen molar-refractivity contribution in [1.82, 2.24) is 4.90 Å². The number of halogens is 2. The molecular formula is C21H23Cl2N3O3. The quantitative estimate of drug-likeness (QED) is 0.568. The van der Waals surface area contributed by atoms with Crippen LogP contribution in [0.5, 0.6) is 0 Å². The van der Waals surface area contributed by atoms with E-state index in [9.17, 15) is 14.4 Å². The van der Waals surface area contributed by atoms with Crippen molar-refractivity contribution in [2.24, 2.45) is 0 Å². The Morgan fingerprint density at radius 1 is 0.931 bits per heavy atom. The molecule has 0 aliphatic rings. The van der Waals surface area contributed by atoms with Crippen LogP contribution in [0.15, 0.2) is 42.5 Å². The number of anilines is 2. The summed E-state index contributed by atoms with van der Waals surface area (Å²) in [4.78, 5) is 37.6. The lowest BCUT2D eigenvalue weighted by molar-refractivity contribution is -0.119. The average molecular weight is 436 g/mol. The number of hydrogen-bond acceptors (Lipinski definition) is 4. The molecule has 2 N–H and O–H groups in total. The van der Waals surface area contributed by atoms with Crippen LogP contribution in [0.2, 0.25) is 10.0 Å². The molecule has 0 saturated carbocycles. The molecule has 0 saturated heterocycles. The molecule has 0 heterocycles. The first-order valence-corrected chi connectivity index (χ1v) is 9.92. The summed E-state index contributed by atoms with van der Waals surface area (Å²) in [6.07, 6.45) is 0.225. The third-order valence-electron chi connectivity index (χ3n) is 4.27. The van der Waals surface area contributed by atoms with Crippen molar-refractivity contribution in [2.75, 3.05) is 30.3 Å². The van der Waals surface area contributed by atoms with E-state index in [0.717, 1.165) is 0 Å². The van der Waals surface area contributed by atoms with Gasteiger partial charge in [-0.25, -0.2) is 0 Å². The van der Waals surface area contributed by atoms with Crippen molar-refractivity contribution in [3.8, 4) is 0 Å². The molecule has 29 heavy (non-hydrogen) atoms. The van der Waals surface area contributed by atoms with E-state index in [1.165, 1.54) is 6.92 Å². The third kappa shape index (κ3) is 7.16. The van der Waals surface area contributed by atoms with Crippen molar-refractivity contribution in [2.45, 2.75) is 20.3 Å². The summed E-state index contributed by atoms with van der Waals surface area (Å²) >= 11 is 12.1. The number of likely N-dealkylation sites (N-methyl/N-ethyl adjacent to an activating group) is 1. The molecule has 0 spiro atoms. The lowest BCUT2D eigenvalue weighted by Gasteiger charge is -2.20. The molecule has 0 aliphatic heterocycles. The summed E-state index contributed by atoms with van der Waals surface area (Å²) in [5.74, 6) is -0.464. The van der Waals surface area contributed by atoms with Gasteiger partial charge in [0.25, 0.3) is 0 Å². The van der Waals surface area contributed by atoms with Crippen LogP contribution in [-0.4, -0.2) is 42.1 Å². The highest BCUT2D eigenvalue weighted by molar-refractivity contribution is 6.39. The van der Waals surface area contributed by atoms with Gasteiger partial charge in [-0.2, -0.15) is 0 Å². The number of hydrogen-bond donors (Lipinski definition) is 2. The van der Waals surface area contributed by atoms with Gasteiger partial charge in [-0.15, -0.1) is 0 Å². The van der Waals surface area contributed by atoms with Gasteiger partial charge >= 0.3 is 0 Å². The fourth-order valence-corrected chi connectivity index (χ4v) is 3.11. The molecule has 0 unspecified atom stereocenters. The van der Waals surface area contributed by atoms with E-state index in [0.29, 0.717) is 40.1 Å². The minimum atomic E-state index is -0.262. The number of para-hydroxylation sites is 1. The lowest BCUT2D eigenvalue weighted by atomic mass is 10.1. The van der Waals surface area contributed by atoms with Crippen molar-refractivity contribution in [3.05, 3.63) is 58.1 Å². The van der Waals surface area contributed by atoms with Gasteiger partial charge in [-0.05, 0) is 49.9 Å². The average Bonchev–Trinajstić information content (AvgIpc) is 2.68. The molecule has 6 nitrogen and oxygen atoms in total. The van der Waals surface area contributed by atoms with Crippen molar-refractivity contribution >= 4 is 52.2 Å². The van der Waals surface area contributed by atoms with Crippen molar-refractivity contribution < 1.29 is 14.4 Å². The molecule has 0 bridgehead atoms. The van der Waals surface area contributed by atoms with Crippen LogP contribution < -0.4 is 10.6 Å². The minimum absolute atomic E-state index is 0.0298. The van der Waals surface area contributed by atoms with E-state index >= 15 is 0 Å². The van der Waals surface area contributed by atoms with Crippen molar-refractivity contribution in [1.29, 1.82) is 0 Å². The molecule has 0 aliphatic carbocycles. The van der Waals surface area contributed by atoms with E-state index in [-0.39, 0.29) is 30.6 Å². The summed E-state index contributed by atoms with van der Waals surface area (Å²) in [7, 11) is 0. The zero-order chi connectivity index (χ0) is 21.4. The number of rotatable bonds is 9. The van der Waals surface area contributed by atoms with E-state index in [4.69, 9.17) is 23.2 Å². The first kappa shape index (κ1) is 22.9. The molecular weight excluding hydrogens is 413 g/mol. The van der Waals surface area contributed by atoms with Crippen LogP contribution in [-0.2, 0) is 9.59 Å². The molecule has 2 aromatic carbocycles. The molecule has 8 heteroatoms. The Morgan fingerprint density at radius 2 is 1.55 bits per heavy atom. The normalized spacial score (nSPS) is 10.7. The first-order valence-electron chi connectivity index (χ1n) is 9.17. The third-order valence-corrected chi connectivity index (χ3v) is 4.90. The van der Waals surface area contributed by atoms with E-state index in [1.807, 2.05) is 11.8 Å². The van der Waals surface area contributed by atoms with Crippen LogP contribution >= 0.6 is 23.2 Å². The van der Waals surface area contributed by atoms with Crippen LogP contribution in [0.1, 0.15) is 30.6 Å². The molecule has 154 valence electrons. The van der Waals surface area contributed by atoms with E-state index in [1.54, 1.807) is 42.5 Å². The van der Waals surface area contributed by atoms with Gasteiger partial charge < -0.3 is 10.6 Å². The number of benzene rings is 2. The SMILES string of the molecule is CCN(CCC(=O)Nc1ccc(C(C)=O)cc1)CC(=O)Nc1c(Cl)cccc1Cl. The Bertz CT molecular complexity index is 865. The minimum Gasteiger partial charge on any atom is -0.326 e. The second kappa shape index (κ2) is 11.0. The van der Waals surface area contributed by atoms with Gasteiger partial charge in [0.1, 0.15) is 0 Å². The number of amides is 2. The maximum atomic E-state index is 12.3. The number of nitrogens with zero attached hydrogens (tertiary/aromatic N) is 1. The van der Waals surface area contributed by atoms with Gasteiger partial charge in [0, 0.05) is 24.2 Å². The van der Waals surface area contributed by atoms with E-state index < -0.39 is 0 Å². The Morgan fingerprint density at radius 3 is 2.10 bits per heavy atom. The maximum absolute atomic E-state index is 12.3. The fraction of sp³-hybridized carbons (Fsp3) is 0.286. The standard InChI is InChI=1S/C21H23Cl2N3O3/c1-3-26(13-20(29)25-21-17(22)5-4-6-18(21)23)12-11-19(28)24-16-9-7-15(8-10-16)14(2)27/h4-10H,3,11-13H2,1-2H3,(H,24,28)(H,25,29). The van der Waals surface area contributed by atoms with Crippen LogP contribution in [0.4, 0.5) is 11.4 Å². The smallest absolute Gasteiger partial charge is 0.238 e. The van der Waals surface area contributed by atoms with Gasteiger partial charge in [0.15, 0.2) is 5.78 Å². The monoisotopic (exact) mass is 435 g/mol. The summed E-state index contributed by atoms with van der Waals surface area (Å²) in [5, 5.41) is 6.23. The second-order valence-electron chi connectivity index (χ2n) is 6.45. The predicted molar refractivity (Wildman–Crippen MR) is 117 cm³/mol. The molecule has 0 atom stereocenters. The van der Waals surface area contributed by atoms with Crippen LogP contribution in [0.25, 0.3) is 0 Å². The molecule has 2 aromatic rings. The summed E-state index contributed by atoms with van der Waals surface area (Å²) in [5.41, 5.74) is 1.59. The molecule has 0 fully saturated rings. The van der Waals surface area contributed by atoms with Gasteiger partial charge in [0.2, 0.25) is 11.8 Å². The number of nitrogens with one attached hydrogen (secondary N) is 2.